The van der Waals surface area contributed by atoms with Crippen molar-refractivity contribution in [2.24, 2.45) is 5.92 Å². The number of ether oxygens (including phenoxy) is 1. The summed E-state index contributed by atoms with van der Waals surface area (Å²) in [7, 11) is 0. The van der Waals surface area contributed by atoms with E-state index >= 15 is 0 Å². The molecule has 0 aromatic heterocycles. The first kappa shape index (κ1) is 15.8. The van der Waals surface area contributed by atoms with Gasteiger partial charge in [0.15, 0.2) is 0 Å². The molecule has 1 aromatic carbocycles. The molecule has 0 radical (unpaired) electrons. The topological polar surface area (TPSA) is 58.6 Å². The van der Waals surface area contributed by atoms with Crippen LogP contribution in [0.2, 0.25) is 5.02 Å². The Morgan fingerprint density at radius 3 is 2.74 bits per heavy atom. The molecule has 1 atom stereocenters. The lowest BCUT2D eigenvalue weighted by Gasteiger charge is -2.14. The Morgan fingerprint density at radius 2 is 2.11 bits per heavy atom. The van der Waals surface area contributed by atoms with Crippen LogP contribution in [0.4, 0.5) is 0 Å². The highest BCUT2D eigenvalue weighted by atomic mass is 35.5. The maximum atomic E-state index is 11.5. The third-order valence-electron chi connectivity index (χ3n) is 2.68. The standard InChI is InChI=1S/C14H20ClNO3/c1-10(2)12(17)9-14(18)16-7-8-19-13-6-4-3-5-11(13)15/h3-6,10,12,17H,7-9H2,1-2H3,(H,16,18). The third-order valence-corrected chi connectivity index (χ3v) is 2.99. The van der Waals surface area contributed by atoms with E-state index in [0.29, 0.717) is 23.9 Å². The molecule has 0 bridgehead atoms. The van der Waals surface area contributed by atoms with Crippen LogP contribution in [0.25, 0.3) is 0 Å². The molecule has 0 aliphatic rings. The molecule has 2 N–H and O–H groups in total. The molecule has 19 heavy (non-hydrogen) atoms. The van der Waals surface area contributed by atoms with Crippen molar-refractivity contribution in [1.82, 2.24) is 5.32 Å². The number of rotatable bonds is 7. The van der Waals surface area contributed by atoms with Gasteiger partial charge in [-0.2, -0.15) is 0 Å². The second kappa shape index (κ2) is 8.02. The summed E-state index contributed by atoms with van der Waals surface area (Å²) in [6.45, 7) is 4.47. The smallest absolute Gasteiger partial charge is 0.222 e. The van der Waals surface area contributed by atoms with Gasteiger partial charge in [-0.25, -0.2) is 0 Å². The number of amides is 1. The van der Waals surface area contributed by atoms with Gasteiger partial charge >= 0.3 is 0 Å². The summed E-state index contributed by atoms with van der Waals surface area (Å²) in [4.78, 5) is 11.5. The minimum Gasteiger partial charge on any atom is -0.490 e. The van der Waals surface area contributed by atoms with Gasteiger partial charge in [0.2, 0.25) is 5.91 Å². The molecule has 1 unspecified atom stereocenters. The van der Waals surface area contributed by atoms with Crippen molar-refractivity contribution in [3.8, 4) is 5.75 Å². The quantitative estimate of drug-likeness (QED) is 0.756. The van der Waals surface area contributed by atoms with E-state index < -0.39 is 6.10 Å². The molecule has 106 valence electrons. The van der Waals surface area contributed by atoms with Crippen molar-refractivity contribution in [1.29, 1.82) is 0 Å². The van der Waals surface area contributed by atoms with Crippen LogP contribution in [0, 0.1) is 5.92 Å². The number of aliphatic hydroxyl groups is 1. The zero-order valence-corrected chi connectivity index (χ0v) is 12.0. The average molecular weight is 286 g/mol. The van der Waals surface area contributed by atoms with Gasteiger partial charge in [-0.15, -0.1) is 0 Å². The SMILES string of the molecule is CC(C)C(O)CC(=O)NCCOc1ccccc1Cl. The lowest BCUT2D eigenvalue weighted by molar-refractivity contribution is -0.123. The van der Waals surface area contributed by atoms with Crippen LogP contribution >= 0.6 is 11.6 Å². The normalized spacial score (nSPS) is 12.3. The van der Waals surface area contributed by atoms with Gasteiger partial charge in [0, 0.05) is 0 Å². The monoisotopic (exact) mass is 285 g/mol. The Labute approximate surface area is 118 Å². The number of nitrogens with one attached hydrogen (secondary N) is 1. The van der Waals surface area contributed by atoms with Gasteiger partial charge in [0.05, 0.1) is 24.1 Å². The average Bonchev–Trinajstić information content (AvgIpc) is 2.36. The third kappa shape index (κ3) is 5.94. The Bertz CT molecular complexity index is 409. The van der Waals surface area contributed by atoms with E-state index in [1.807, 2.05) is 26.0 Å². The molecule has 0 heterocycles. The summed E-state index contributed by atoms with van der Waals surface area (Å²) in [6, 6.07) is 7.17. The molecule has 5 heteroatoms. The molecule has 0 saturated carbocycles. The van der Waals surface area contributed by atoms with Gasteiger partial charge in [-0.3, -0.25) is 4.79 Å². The summed E-state index contributed by atoms with van der Waals surface area (Å²) in [5, 5.41) is 12.8. The first-order valence-corrected chi connectivity index (χ1v) is 6.70. The fraction of sp³-hybridized carbons (Fsp3) is 0.500. The number of hydrogen-bond acceptors (Lipinski definition) is 3. The van der Waals surface area contributed by atoms with Gasteiger partial charge in [-0.05, 0) is 18.1 Å². The van der Waals surface area contributed by atoms with Gasteiger partial charge in [0.25, 0.3) is 0 Å². The fourth-order valence-electron chi connectivity index (χ4n) is 1.41. The number of halogens is 1. The summed E-state index contributed by atoms with van der Waals surface area (Å²) >= 11 is 5.92. The molecule has 0 fully saturated rings. The van der Waals surface area contributed by atoms with Crippen LogP contribution in [0.15, 0.2) is 24.3 Å². The van der Waals surface area contributed by atoms with Crippen molar-refractivity contribution in [2.45, 2.75) is 26.4 Å². The number of benzene rings is 1. The Hall–Kier alpha value is -1.26. The summed E-state index contributed by atoms with van der Waals surface area (Å²) in [5.41, 5.74) is 0. The number of hydrogen-bond donors (Lipinski definition) is 2. The zero-order chi connectivity index (χ0) is 14.3. The summed E-state index contributed by atoms with van der Waals surface area (Å²) < 4.78 is 5.43. The molecule has 0 saturated heterocycles. The van der Waals surface area contributed by atoms with Crippen LogP contribution in [-0.2, 0) is 4.79 Å². The first-order chi connectivity index (χ1) is 9.00. The second-order valence-electron chi connectivity index (χ2n) is 4.64. The highest BCUT2D eigenvalue weighted by Crippen LogP contribution is 2.22. The minimum absolute atomic E-state index is 0.0742. The Morgan fingerprint density at radius 1 is 1.42 bits per heavy atom. The van der Waals surface area contributed by atoms with Crippen molar-refractivity contribution in [3.63, 3.8) is 0 Å². The molecular weight excluding hydrogens is 266 g/mol. The predicted octanol–water partition coefficient (Wildman–Crippen LogP) is 2.24. The molecule has 0 aliphatic heterocycles. The van der Waals surface area contributed by atoms with Gasteiger partial charge < -0.3 is 15.2 Å². The molecule has 4 nitrogen and oxygen atoms in total. The maximum absolute atomic E-state index is 11.5. The minimum atomic E-state index is -0.607. The lowest BCUT2D eigenvalue weighted by atomic mass is 10.0. The molecular formula is C14H20ClNO3. The van der Waals surface area contributed by atoms with Crippen molar-refractivity contribution >= 4 is 17.5 Å². The molecule has 1 aromatic rings. The van der Waals surface area contributed by atoms with Gasteiger partial charge in [-0.1, -0.05) is 37.6 Å². The van der Waals surface area contributed by atoms with Crippen LogP contribution in [-0.4, -0.2) is 30.3 Å². The van der Waals surface area contributed by atoms with E-state index in [0.717, 1.165) is 0 Å². The highest BCUT2D eigenvalue weighted by Gasteiger charge is 2.13. The Balaban J connectivity index is 2.21. The fourth-order valence-corrected chi connectivity index (χ4v) is 1.60. The number of carbonyl (C=O) groups excluding carboxylic acids is 1. The summed E-state index contributed by atoms with van der Waals surface area (Å²) in [6.07, 6.45) is -0.492. The molecule has 0 spiro atoms. The van der Waals surface area contributed by atoms with E-state index in [1.54, 1.807) is 12.1 Å². The van der Waals surface area contributed by atoms with E-state index in [9.17, 15) is 9.90 Å². The van der Waals surface area contributed by atoms with E-state index in [2.05, 4.69) is 5.32 Å². The molecule has 0 aliphatic carbocycles. The van der Waals surface area contributed by atoms with Crippen LogP contribution in [0.1, 0.15) is 20.3 Å². The van der Waals surface area contributed by atoms with Crippen LogP contribution in [0.5, 0.6) is 5.75 Å². The molecule has 1 amide bonds. The first-order valence-electron chi connectivity index (χ1n) is 6.32. The van der Waals surface area contributed by atoms with E-state index in [1.165, 1.54) is 0 Å². The maximum Gasteiger partial charge on any atom is 0.222 e. The van der Waals surface area contributed by atoms with Crippen molar-refractivity contribution < 1.29 is 14.6 Å². The zero-order valence-electron chi connectivity index (χ0n) is 11.2. The number of para-hydroxylation sites is 1. The van der Waals surface area contributed by atoms with E-state index in [-0.39, 0.29) is 18.2 Å². The summed E-state index contributed by atoms with van der Waals surface area (Å²) in [5.74, 6) is 0.495. The largest absolute Gasteiger partial charge is 0.490 e. The van der Waals surface area contributed by atoms with Crippen LogP contribution < -0.4 is 10.1 Å². The number of aliphatic hydroxyl groups excluding tert-OH is 1. The Kier molecular flexibility index (Phi) is 6.67. The lowest BCUT2D eigenvalue weighted by Crippen LogP contribution is -2.32. The molecule has 1 rings (SSSR count). The number of carbonyl (C=O) groups is 1. The van der Waals surface area contributed by atoms with Crippen LogP contribution in [0.3, 0.4) is 0 Å². The predicted molar refractivity (Wildman–Crippen MR) is 75.4 cm³/mol. The van der Waals surface area contributed by atoms with Gasteiger partial charge in [0.1, 0.15) is 12.4 Å². The highest BCUT2D eigenvalue weighted by molar-refractivity contribution is 6.32. The second-order valence-corrected chi connectivity index (χ2v) is 5.05. The van der Waals surface area contributed by atoms with E-state index in [4.69, 9.17) is 16.3 Å². The van der Waals surface area contributed by atoms with Crippen molar-refractivity contribution in [2.75, 3.05) is 13.2 Å². The van der Waals surface area contributed by atoms with Crippen molar-refractivity contribution in [3.05, 3.63) is 29.3 Å².